The summed E-state index contributed by atoms with van der Waals surface area (Å²) in [6.07, 6.45) is 12.4. The number of nitrogens with one attached hydrogen (secondary N) is 1. The maximum Gasteiger partial charge on any atom is 0.0192 e. The molecule has 0 amide bonds. The van der Waals surface area contributed by atoms with Crippen LogP contribution in [-0.2, 0) is 0 Å². The Balaban J connectivity index is 2.08. The van der Waals surface area contributed by atoms with Gasteiger partial charge in [0, 0.05) is 18.2 Å². The van der Waals surface area contributed by atoms with Crippen LogP contribution in [0, 0.1) is 5.92 Å². The minimum Gasteiger partial charge on any atom is -0.388 e. The van der Waals surface area contributed by atoms with Crippen LogP contribution >= 0.6 is 0 Å². The second kappa shape index (κ2) is 2.13. The number of hydrogen-bond acceptors (Lipinski definition) is 1. The standard InChI is InChI=1S/C11H11N/c1-2-8-6-10-4-5-12-11(10)7-9(8)3-1/h1-3,6-7,10,12H,4-5H2. The molecule has 1 N–H and O–H groups in total. The first-order valence-electron chi connectivity index (χ1n) is 4.49. The average molecular weight is 157 g/mol. The predicted molar refractivity (Wildman–Crippen MR) is 49.5 cm³/mol. The van der Waals surface area contributed by atoms with E-state index in [4.69, 9.17) is 0 Å². The van der Waals surface area contributed by atoms with Crippen molar-refractivity contribution in [2.75, 3.05) is 6.54 Å². The van der Waals surface area contributed by atoms with Gasteiger partial charge in [-0.15, -0.1) is 0 Å². The molecule has 12 heavy (non-hydrogen) atoms. The molecule has 3 rings (SSSR count). The van der Waals surface area contributed by atoms with Gasteiger partial charge >= 0.3 is 0 Å². The number of allylic oxidation sites excluding steroid dienone is 7. The number of fused-ring (bicyclic) bond motifs is 2. The van der Waals surface area contributed by atoms with Crippen molar-refractivity contribution in [1.82, 2.24) is 5.32 Å². The second-order valence-electron chi connectivity index (χ2n) is 3.52. The summed E-state index contributed by atoms with van der Waals surface area (Å²) in [5, 5.41) is 3.42. The minimum atomic E-state index is 0.667. The van der Waals surface area contributed by atoms with Gasteiger partial charge < -0.3 is 5.32 Å². The summed E-state index contributed by atoms with van der Waals surface area (Å²) in [5.41, 5.74) is 4.19. The molecular formula is C11H11N. The van der Waals surface area contributed by atoms with Gasteiger partial charge in [-0.05, 0) is 23.6 Å². The van der Waals surface area contributed by atoms with Crippen molar-refractivity contribution in [2.45, 2.75) is 6.42 Å². The summed E-state index contributed by atoms with van der Waals surface area (Å²) in [7, 11) is 0. The Morgan fingerprint density at radius 2 is 2.33 bits per heavy atom. The molecule has 0 saturated carbocycles. The Kier molecular flexibility index (Phi) is 1.12. The molecule has 1 fully saturated rings. The van der Waals surface area contributed by atoms with Crippen LogP contribution in [0.4, 0.5) is 0 Å². The van der Waals surface area contributed by atoms with E-state index in [9.17, 15) is 0 Å². The lowest BCUT2D eigenvalue weighted by molar-refractivity contribution is 0.787. The fraction of sp³-hybridized carbons (Fsp3) is 0.273. The lowest BCUT2D eigenvalue weighted by atomic mass is 9.92. The summed E-state index contributed by atoms with van der Waals surface area (Å²) in [6.45, 7) is 1.14. The zero-order valence-corrected chi connectivity index (χ0v) is 6.88. The third kappa shape index (κ3) is 0.737. The van der Waals surface area contributed by atoms with Crippen molar-refractivity contribution in [3.63, 3.8) is 0 Å². The molecule has 0 radical (unpaired) electrons. The highest BCUT2D eigenvalue weighted by Gasteiger charge is 2.23. The van der Waals surface area contributed by atoms with Crippen LogP contribution in [0.5, 0.6) is 0 Å². The normalized spacial score (nSPS) is 30.0. The molecule has 60 valence electrons. The monoisotopic (exact) mass is 157 g/mol. The summed E-state index contributed by atoms with van der Waals surface area (Å²) < 4.78 is 0. The molecule has 0 bridgehead atoms. The smallest absolute Gasteiger partial charge is 0.0192 e. The van der Waals surface area contributed by atoms with E-state index >= 15 is 0 Å². The Hall–Kier alpha value is -1.24. The second-order valence-corrected chi connectivity index (χ2v) is 3.52. The highest BCUT2D eigenvalue weighted by molar-refractivity contribution is 5.58. The van der Waals surface area contributed by atoms with Gasteiger partial charge in [0.05, 0.1) is 0 Å². The first kappa shape index (κ1) is 6.30. The van der Waals surface area contributed by atoms with Crippen LogP contribution in [0.25, 0.3) is 0 Å². The molecule has 1 heteroatoms. The van der Waals surface area contributed by atoms with Crippen molar-refractivity contribution in [3.8, 4) is 0 Å². The molecule has 1 aliphatic heterocycles. The number of rotatable bonds is 0. The number of hydrogen-bond donors (Lipinski definition) is 1. The lowest BCUT2D eigenvalue weighted by Gasteiger charge is -2.14. The Morgan fingerprint density at radius 3 is 3.33 bits per heavy atom. The maximum atomic E-state index is 3.42. The van der Waals surface area contributed by atoms with E-state index in [1.807, 2.05) is 0 Å². The first-order chi connectivity index (χ1) is 5.93. The van der Waals surface area contributed by atoms with Crippen molar-refractivity contribution < 1.29 is 0 Å². The zero-order chi connectivity index (χ0) is 7.97. The molecule has 2 aliphatic carbocycles. The van der Waals surface area contributed by atoms with Crippen LogP contribution < -0.4 is 5.32 Å². The maximum absolute atomic E-state index is 3.42. The van der Waals surface area contributed by atoms with E-state index < -0.39 is 0 Å². The van der Waals surface area contributed by atoms with E-state index in [0.717, 1.165) is 6.54 Å². The van der Waals surface area contributed by atoms with Gasteiger partial charge in [0.25, 0.3) is 0 Å². The highest BCUT2D eigenvalue weighted by Crippen LogP contribution is 2.33. The minimum absolute atomic E-state index is 0.667. The predicted octanol–water partition coefficient (Wildman–Crippen LogP) is 1.92. The third-order valence-electron chi connectivity index (χ3n) is 2.76. The summed E-state index contributed by atoms with van der Waals surface area (Å²) in [5.74, 6) is 0.667. The van der Waals surface area contributed by atoms with E-state index in [1.54, 1.807) is 0 Å². The Morgan fingerprint density at radius 1 is 1.33 bits per heavy atom. The first-order valence-corrected chi connectivity index (χ1v) is 4.49. The fourth-order valence-corrected chi connectivity index (χ4v) is 2.11. The van der Waals surface area contributed by atoms with Crippen LogP contribution in [-0.4, -0.2) is 6.54 Å². The van der Waals surface area contributed by atoms with E-state index in [-0.39, 0.29) is 0 Å². The Bertz CT molecular complexity index is 342. The van der Waals surface area contributed by atoms with Gasteiger partial charge in [0.1, 0.15) is 0 Å². The average Bonchev–Trinajstić information content (AvgIpc) is 2.64. The Labute approximate surface area is 72.2 Å². The largest absolute Gasteiger partial charge is 0.388 e. The molecule has 0 aromatic carbocycles. The van der Waals surface area contributed by atoms with E-state index in [2.05, 4.69) is 35.7 Å². The van der Waals surface area contributed by atoms with Crippen molar-refractivity contribution >= 4 is 0 Å². The third-order valence-corrected chi connectivity index (χ3v) is 2.76. The van der Waals surface area contributed by atoms with E-state index in [1.165, 1.54) is 23.3 Å². The van der Waals surface area contributed by atoms with Gasteiger partial charge in [-0.3, -0.25) is 0 Å². The lowest BCUT2D eigenvalue weighted by Crippen LogP contribution is -2.09. The topological polar surface area (TPSA) is 12.0 Å². The molecule has 0 aromatic heterocycles. The van der Waals surface area contributed by atoms with Gasteiger partial charge in [-0.2, -0.15) is 0 Å². The zero-order valence-electron chi connectivity index (χ0n) is 6.88. The summed E-state index contributed by atoms with van der Waals surface area (Å²) >= 11 is 0. The molecule has 1 unspecified atom stereocenters. The molecule has 1 saturated heterocycles. The van der Waals surface area contributed by atoms with Crippen LogP contribution in [0.1, 0.15) is 6.42 Å². The van der Waals surface area contributed by atoms with Gasteiger partial charge in [0.15, 0.2) is 0 Å². The van der Waals surface area contributed by atoms with Crippen LogP contribution in [0.15, 0.2) is 47.2 Å². The molecule has 1 heterocycles. The van der Waals surface area contributed by atoms with Gasteiger partial charge in [-0.1, -0.05) is 24.3 Å². The molecule has 1 atom stereocenters. The quantitative estimate of drug-likeness (QED) is 0.566. The van der Waals surface area contributed by atoms with Gasteiger partial charge in [-0.25, -0.2) is 0 Å². The molecule has 0 aromatic rings. The van der Waals surface area contributed by atoms with Crippen LogP contribution in [0.2, 0.25) is 0 Å². The summed E-state index contributed by atoms with van der Waals surface area (Å²) in [4.78, 5) is 0. The molecule has 3 aliphatic rings. The van der Waals surface area contributed by atoms with E-state index in [0.29, 0.717) is 5.92 Å². The van der Waals surface area contributed by atoms with Crippen molar-refractivity contribution in [1.29, 1.82) is 0 Å². The fourth-order valence-electron chi connectivity index (χ4n) is 2.11. The highest BCUT2D eigenvalue weighted by atomic mass is 14.9. The summed E-state index contributed by atoms with van der Waals surface area (Å²) in [6, 6.07) is 0. The SMILES string of the molecule is C1=CC2=CC3CCNC3=CC2=C1. The van der Waals surface area contributed by atoms with Crippen molar-refractivity contribution in [3.05, 3.63) is 47.2 Å². The van der Waals surface area contributed by atoms with Crippen molar-refractivity contribution in [2.24, 2.45) is 5.92 Å². The molecular weight excluding hydrogens is 146 g/mol. The molecule has 1 nitrogen and oxygen atoms in total. The molecule has 0 spiro atoms. The van der Waals surface area contributed by atoms with Crippen LogP contribution in [0.3, 0.4) is 0 Å². The van der Waals surface area contributed by atoms with Gasteiger partial charge in [0.2, 0.25) is 0 Å².